The van der Waals surface area contributed by atoms with E-state index < -0.39 is 11.7 Å². The molecule has 0 aliphatic heterocycles. The highest BCUT2D eigenvalue weighted by molar-refractivity contribution is 7.99. The van der Waals surface area contributed by atoms with E-state index in [1.54, 1.807) is 16.8 Å². The van der Waals surface area contributed by atoms with Crippen LogP contribution < -0.4 is 5.32 Å². The summed E-state index contributed by atoms with van der Waals surface area (Å²) in [5.74, 6) is 0.118. The monoisotopic (exact) mass is 383 g/mol. The Hall–Kier alpha value is -1.96. The Labute approximate surface area is 154 Å². The zero-order chi connectivity index (χ0) is 18.6. The van der Waals surface area contributed by atoms with E-state index in [1.807, 2.05) is 0 Å². The fourth-order valence-corrected chi connectivity index (χ4v) is 3.86. The zero-order valence-corrected chi connectivity index (χ0v) is 14.9. The van der Waals surface area contributed by atoms with Crippen LogP contribution in [-0.4, -0.2) is 27.3 Å². The van der Waals surface area contributed by atoms with Gasteiger partial charge in [-0.3, -0.25) is 9.36 Å². The molecule has 4 nitrogen and oxygen atoms in total. The molecule has 0 spiro atoms. The normalized spacial score (nSPS) is 15.8. The van der Waals surface area contributed by atoms with Crippen molar-refractivity contribution in [2.24, 2.45) is 0 Å². The van der Waals surface area contributed by atoms with Crippen molar-refractivity contribution in [3.05, 3.63) is 42.2 Å². The third kappa shape index (κ3) is 4.81. The molecule has 0 radical (unpaired) electrons. The molecule has 1 aliphatic carbocycles. The number of benzene rings is 1. The number of alkyl halides is 3. The minimum Gasteiger partial charge on any atom is -0.353 e. The smallest absolute Gasteiger partial charge is 0.353 e. The minimum atomic E-state index is -4.40. The Morgan fingerprint density at radius 2 is 2.04 bits per heavy atom. The SMILES string of the molecule is O=C(CSc1nccn1-c1cccc(C(F)(F)F)c1)NC1CCCCC1. The number of halogens is 3. The summed E-state index contributed by atoms with van der Waals surface area (Å²) < 4.78 is 40.3. The molecule has 1 aromatic heterocycles. The topological polar surface area (TPSA) is 46.9 Å². The maximum atomic E-state index is 12.9. The number of carbonyl (C=O) groups excluding carboxylic acids is 1. The number of carbonyl (C=O) groups is 1. The highest BCUT2D eigenvalue weighted by Crippen LogP contribution is 2.31. The second-order valence-corrected chi connectivity index (χ2v) is 7.26. The Morgan fingerprint density at radius 3 is 2.77 bits per heavy atom. The Kier molecular flexibility index (Phi) is 5.90. The number of amides is 1. The molecule has 1 aliphatic rings. The molecule has 1 aromatic carbocycles. The largest absolute Gasteiger partial charge is 0.416 e. The van der Waals surface area contributed by atoms with E-state index in [0.717, 1.165) is 37.8 Å². The fourth-order valence-electron chi connectivity index (χ4n) is 3.07. The molecule has 26 heavy (non-hydrogen) atoms. The lowest BCUT2D eigenvalue weighted by Gasteiger charge is -2.22. The molecule has 1 amide bonds. The van der Waals surface area contributed by atoms with Gasteiger partial charge in [0, 0.05) is 24.1 Å². The summed E-state index contributed by atoms with van der Waals surface area (Å²) in [7, 11) is 0. The van der Waals surface area contributed by atoms with Crippen LogP contribution >= 0.6 is 11.8 Å². The molecular weight excluding hydrogens is 363 g/mol. The van der Waals surface area contributed by atoms with E-state index in [9.17, 15) is 18.0 Å². The summed E-state index contributed by atoms with van der Waals surface area (Å²) in [6.45, 7) is 0. The van der Waals surface area contributed by atoms with Crippen LogP contribution in [0.1, 0.15) is 37.7 Å². The van der Waals surface area contributed by atoms with Crippen LogP contribution in [0.15, 0.2) is 41.8 Å². The van der Waals surface area contributed by atoms with E-state index >= 15 is 0 Å². The van der Waals surface area contributed by atoms with Gasteiger partial charge in [0.2, 0.25) is 5.91 Å². The molecule has 8 heteroatoms. The third-order valence-corrected chi connectivity index (χ3v) is 5.33. The van der Waals surface area contributed by atoms with Gasteiger partial charge in [0.05, 0.1) is 11.3 Å². The molecule has 0 unspecified atom stereocenters. The first-order valence-electron chi connectivity index (χ1n) is 8.56. The van der Waals surface area contributed by atoms with Gasteiger partial charge in [-0.25, -0.2) is 4.98 Å². The molecule has 0 bridgehead atoms. The summed E-state index contributed by atoms with van der Waals surface area (Å²) in [5.41, 5.74) is -0.345. The number of hydrogen-bond donors (Lipinski definition) is 1. The third-order valence-electron chi connectivity index (χ3n) is 4.36. The standard InChI is InChI=1S/C18H20F3N3OS/c19-18(20,21)13-5-4-8-15(11-13)24-10-9-22-17(24)26-12-16(25)23-14-6-2-1-3-7-14/h4-5,8-11,14H,1-3,6-7,12H2,(H,23,25). The summed E-state index contributed by atoms with van der Waals surface area (Å²) in [6, 6.07) is 5.30. The van der Waals surface area contributed by atoms with Crippen molar-refractivity contribution < 1.29 is 18.0 Å². The van der Waals surface area contributed by atoms with E-state index in [1.165, 1.54) is 30.4 Å². The van der Waals surface area contributed by atoms with Crippen LogP contribution in [0.4, 0.5) is 13.2 Å². The van der Waals surface area contributed by atoms with Gasteiger partial charge in [0.15, 0.2) is 5.16 Å². The van der Waals surface area contributed by atoms with Crippen molar-refractivity contribution in [1.29, 1.82) is 0 Å². The molecular formula is C18H20F3N3OS. The van der Waals surface area contributed by atoms with Crippen LogP contribution in [0.25, 0.3) is 5.69 Å². The summed E-state index contributed by atoms with van der Waals surface area (Å²) in [5, 5.41) is 3.51. The van der Waals surface area contributed by atoms with E-state index in [2.05, 4.69) is 10.3 Å². The number of rotatable bonds is 5. The predicted molar refractivity (Wildman–Crippen MR) is 94.3 cm³/mol. The lowest BCUT2D eigenvalue weighted by atomic mass is 9.95. The first-order valence-corrected chi connectivity index (χ1v) is 9.55. The molecule has 0 saturated heterocycles. The van der Waals surface area contributed by atoms with Crippen molar-refractivity contribution in [2.75, 3.05) is 5.75 Å². The second kappa shape index (κ2) is 8.16. The highest BCUT2D eigenvalue weighted by Gasteiger charge is 2.30. The van der Waals surface area contributed by atoms with Crippen molar-refractivity contribution in [2.45, 2.75) is 49.5 Å². The predicted octanol–water partition coefficient (Wildman–Crippen LogP) is 4.43. The van der Waals surface area contributed by atoms with Crippen molar-refractivity contribution in [3.8, 4) is 5.69 Å². The number of nitrogens with one attached hydrogen (secondary N) is 1. The van der Waals surface area contributed by atoms with Gasteiger partial charge in [-0.05, 0) is 31.0 Å². The summed E-state index contributed by atoms with van der Waals surface area (Å²) in [4.78, 5) is 16.3. The first kappa shape index (κ1) is 18.8. The molecule has 2 aromatic rings. The number of nitrogens with zero attached hydrogens (tertiary/aromatic N) is 2. The number of imidazole rings is 1. The van der Waals surface area contributed by atoms with Gasteiger partial charge in [0.1, 0.15) is 0 Å². The molecule has 1 heterocycles. The summed E-state index contributed by atoms with van der Waals surface area (Å²) in [6.07, 6.45) is 4.22. The maximum absolute atomic E-state index is 12.9. The second-order valence-electron chi connectivity index (χ2n) is 6.32. The molecule has 0 atom stereocenters. The average molecular weight is 383 g/mol. The fraction of sp³-hybridized carbons (Fsp3) is 0.444. The van der Waals surface area contributed by atoms with Crippen LogP contribution in [-0.2, 0) is 11.0 Å². The van der Waals surface area contributed by atoms with Crippen LogP contribution in [0.3, 0.4) is 0 Å². The molecule has 3 rings (SSSR count). The molecule has 1 N–H and O–H groups in total. The van der Waals surface area contributed by atoms with Gasteiger partial charge in [-0.2, -0.15) is 13.2 Å². The highest BCUT2D eigenvalue weighted by atomic mass is 32.2. The Balaban J connectivity index is 1.64. The van der Waals surface area contributed by atoms with Crippen molar-refractivity contribution >= 4 is 17.7 Å². The van der Waals surface area contributed by atoms with Gasteiger partial charge in [-0.1, -0.05) is 37.1 Å². The minimum absolute atomic E-state index is 0.0690. The lowest BCUT2D eigenvalue weighted by Crippen LogP contribution is -2.37. The molecule has 1 fully saturated rings. The van der Waals surface area contributed by atoms with E-state index in [0.29, 0.717) is 10.8 Å². The lowest BCUT2D eigenvalue weighted by molar-refractivity contribution is -0.137. The zero-order valence-electron chi connectivity index (χ0n) is 14.1. The van der Waals surface area contributed by atoms with Crippen LogP contribution in [0, 0.1) is 0 Å². The first-order chi connectivity index (χ1) is 12.4. The Morgan fingerprint density at radius 1 is 1.27 bits per heavy atom. The molecule has 140 valence electrons. The quantitative estimate of drug-likeness (QED) is 0.777. The van der Waals surface area contributed by atoms with Crippen molar-refractivity contribution in [1.82, 2.24) is 14.9 Å². The van der Waals surface area contributed by atoms with Crippen LogP contribution in [0.2, 0.25) is 0 Å². The maximum Gasteiger partial charge on any atom is 0.416 e. The van der Waals surface area contributed by atoms with Crippen molar-refractivity contribution in [3.63, 3.8) is 0 Å². The average Bonchev–Trinajstić information content (AvgIpc) is 3.09. The van der Waals surface area contributed by atoms with Gasteiger partial charge in [-0.15, -0.1) is 0 Å². The Bertz CT molecular complexity index is 754. The number of thioether (sulfide) groups is 1. The van der Waals surface area contributed by atoms with Crippen LogP contribution in [0.5, 0.6) is 0 Å². The van der Waals surface area contributed by atoms with Gasteiger partial charge >= 0.3 is 6.18 Å². The van der Waals surface area contributed by atoms with E-state index in [-0.39, 0.29) is 17.7 Å². The van der Waals surface area contributed by atoms with Gasteiger partial charge < -0.3 is 5.32 Å². The number of aromatic nitrogens is 2. The van der Waals surface area contributed by atoms with E-state index in [4.69, 9.17) is 0 Å². The van der Waals surface area contributed by atoms with Gasteiger partial charge in [0.25, 0.3) is 0 Å². The number of hydrogen-bond acceptors (Lipinski definition) is 3. The summed E-state index contributed by atoms with van der Waals surface area (Å²) >= 11 is 1.22. The molecule has 1 saturated carbocycles.